The lowest BCUT2D eigenvalue weighted by atomic mass is 9.98. The Labute approximate surface area is 137 Å². The van der Waals surface area contributed by atoms with Crippen LogP contribution in [0.25, 0.3) is 0 Å². The molecule has 136 valence electrons. The molecule has 0 saturated carbocycles. The molecule has 0 aromatic heterocycles. The van der Waals surface area contributed by atoms with Crippen LogP contribution in [0.5, 0.6) is 0 Å². The molecule has 11 heteroatoms. The van der Waals surface area contributed by atoms with Crippen molar-refractivity contribution < 1.29 is 41.0 Å². The van der Waals surface area contributed by atoms with Gasteiger partial charge in [0.05, 0.1) is 22.9 Å². The number of ether oxygens (including phenoxy) is 1. The number of benzene rings is 1. The zero-order valence-electron chi connectivity index (χ0n) is 12.4. The Balaban J connectivity index is 2.60. The van der Waals surface area contributed by atoms with Crippen LogP contribution >= 0.6 is 0 Å². The highest BCUT2D eigenvalue weighted by atomic mass is 19.4. The van der Waals surface area contributed by atoms with Crippen LogP contribution in [0.2, 0.25) is 0 Å². The van der Waals surface area contributed by atoms with Gasteiger partial charge in [-0.05, 0) is 24.6 Å². The molecule has 0 aliphatic carbocycles. The van der Waals surface area contributed by atoms with Crippen molar-refractivity contribution in [1.82, 2.24) is 0 Å². The number of amides is 1. The lowest BCUT2D eigenvalue weighted by Crippen LogP contribution is -2.49. The summed E-state index contributed by atoms with van der Waals surface area (Å²) in [5.41, 5.74) is -3.26. The molecule has 0 unspecified atom stereocenters. The van der Waals surface area contributed by atoms with Gasteiger partial charge in [-0.2, -0.15) is 31.6 Å². The molecule has 5 nitrogen and oxygen atoms in total. The van der Waals surface area contributed by atoms with E-state index < -0.39 is 59.6 Å². The average molecular weight is 368 g/mol. The molecule has 1 amide bonds. The number of cyclic esters (lactones) is 1. The average Bonchev–Trinajstić information content (AvgIpc) is 2.85. The van der Waals surface area contributed by atoms with E-state index in [1.807, 2.05) is 0 Å². The molecule has 25 heavy (non-hydrogen) atoms. The van der Waals surface area contributed by atoms with Crippen LogP contribution in [0.15, 0.2) is 12.1 Å². The zero-order valence-corrected chi connectivity index (χ0v) is 12.4. The third kappa shape index (κ3) is 3.34. The zero-order chi connectivity index (χ0) is 19.2. The van der Waals surface area contributed by atoms with Crippen molar-refractivity contribution in [3.05, 3.63) is 28.8 Å². The van der Waals surface area contributed by atoms with Gasteiger partial charge in [-0.1, -0.05) is 0 Å². The summed E-state index contributed by atoms with van der Waals surface area (Å²) in [4.78, 5) is 12.1. The minimum absolute atomic E-state index is 0.323. The van der Waals surface area contributed by atoms with Crippen molar-refractivity contribution >= 4 is 11.8 Å². The minimum atomic E-state index is -5.11. The van der Waals surface area contributed by atoms with Gasteiger partial charge in [0, 0.05) is 0 Å². The standard InChI is InChI=1S/C14H10F6N2O3/c1-6-8(3-2-7(4-21)10(6)13(15,16)17)22-9(5-25-12(22)24)11(23)14(18,19)20/h2-3,9,11,23H,5H2,1H3/t9-,11+/m0/s1. The van der Waals surface area contributed by atoms with Crippen molar-refractivity contribution in [1.29, 1.82) is 5.26 Å². The Morgan fingerprint density at radius 3 is 2.40 bits per heavy atom. The number of hydrogen-bond acceptors (Lipinski definition) is 4. The maximum Gasteiger partial charge on any atom is 0.418 e. The molecule has 2 rings (SSSR count). The van der Waals surface area contributed by atoms with E-state index in [0.717, 1.165) is 19.1 Å². The molecule has 1 N–H and O–H groups in total. The number of hydrogen-bond donors (Lipinski definition) is 1. The second kappa shape index (κ2) is 6.11. The van der Waals surface area contributed by atoms with Crippen LogP contribution in [0.1, 0.15) is 16.7 Å². The van der Waals surface area contributed by atoms with E-state index in [9.17, 15) is 36.2 Å². The van der Waals surface area contributed by atoms with Crippen molar-refractivity contribution in [3.63, 3.8) is 0 Å². The van der Waals surface area contributed by atoms with Gasteiger partial charge in [0.1, 0.15) is 12.6 Å². The Kier molecular flexibility index (Phi) is 4.61. The van der Waals surface area contributed by atoms with Gasteiger partial charge in [0.2, 0.25) is 0 Å². The maximum absolute atomic E-state index is 13.2. The number of aliphatic hydroxyl groups excluding tert-OH is 1. The Bertz CT molecular complexity index is 738. The van der Waals surface area contributed by atoms with Crippen molar-refractivity contribution in [2.24, 2.45) is 0 Å². The van der Waals surface area contributed by atoms with E-state index in [4.69, 9.17) is 5.26 Å². The Hall–Kier alpha value is -2.48. The number of nitrogens with zero attached hydrogens (tertiary/aromatic N) is 2. The first-order chi connectivity index (χ1) is 11.4. The smallest absolute Gasteiger partial charge is 0.418 e. The van der Waals surface area contributed by atoms with E-state index in [1.165, 1.54) is 6.07 Å². The van der Waals surface area contributed by atoms with Crippen LogP contribution in [0, 0.1) is 18.3 Å². The third-order valence-corrected chi connectivity index (χ3v) is 3.71. The fourth-order valence-electron chi connectivity index (χ4n) is 2.58. The summed E-state index contributed by atoms with van der Waals surface area (Å²) in [5.74, 6) is 0. The van der Waals surface area contributed by atoms with Crippen LogP contribution in [0.4, 0.5) is 36.8 Å². The van der Waals surface area contributed by atoms with Gasteiger partial charge < -0.3 is 9.84 Å². The number of halogens is 6. The Morgan fingerprint density at radius 2 is 1.92 bits per heavy atom. The molecule has 0 radical (unpaired) electrons. The molecule has 0 spiro atoms. The van der Waals surface area contributed by atoms with E-state index >= 15 is 0 Å². The molecule has 1 fully saturated rings. The predicted molar refractivity (Wildman–Crippen MR) is 70.6 cm³/mol. The lowest BCUT2D eigenvalue weighted by Gasteiger charge is -2.29. The summed E-state index contributed by atoms with van der Waals surface area (Å²) in [6.07, 6.45) is -14.4. The molecule has 1 heterocycles. The van der Waals surface area contributed by atoms with Crippen LogP contribution in [-0.2, 0) is 10.9 Å². The number of alkyl halides is 6. The lowest BCUT2D eigenvalue weighted by molar-refractivity contribution is -0.209. The molecular formula is C14H10F6N2O3. The summed E-state index contributed by atoms with van der Waals surface area (Å²) < 4.78 is 82.3. The maximum atomic E-state index is 13.2. The number of anilines is 1. The number of rotatable bonds is 2. The molecule has 0 bridgehead atoms. The molecule has 1 aliphatic rings. The van der Waals surface area contributed by atoms with Crippen LogP contribution in [0.3, 0.4) is 0 Å². The van der Waals surface area contributed by atoms with Gasteiger partial charge in [0.15, 0.2) is 6.10 Å². The number of carbonyl (C=O) groups is 1. The number of nitriles is 1. The van der Waals surface area contributed by atoms with Gasteiger partial charge in [-0.25, -0.2) is 4.79 Å². The van der Waals surface area contributed by atoms with Crippen molar-refractivity contribution in [3.8, 4) is 6.07 Å². The SMILES string of the molecule is Cc1c(N2C(=O)OC[C@H]2[C@@H](O)C(F)(F)F)ccc(C#N)c1C(F)(F)F. The van der Waals surface area contributed by atoms with Gasteiger partial charge >= 0.3 is 18.4 Å². The second-order valence-corrected chi connectivity index (χ2v) is 5.24. The summed E-state index contributed by atoms with van der Waals surface area (Å²) >= 11 is 0. The van der Waals surface area contributed by atoms with E-state index in [2.05, 4.69) is 4.74 Å². The van der Waals surface area contributed by atoms with E-state index in [-0.39, 0.29) is 0 Å². The van der Waals surface area contributed by atoms with E-state index in [0.29, 0.717) is 4.90 Å². The highest BCUT2D eigenvalue weighted by Crippen LogP contribution is 2.40. The largest absolute Gasteiger partial charge is 0.447 e. The normalized spacial score (nSPS) is 19.6. The summed E-state index contributed by atoms with van der Waals surface area (Å²) in [5, 5.41) is 18.2. The highest BCUT2D eigenvalue weighted by Gasteiger charge is 2.51. The Morgan fingerprint density at radius 1 is 1.32 bits per heavy atom. The molecule has 2 atom stereocenters. The third-order valence-electron chi connectivity index (χ3n) is 3.71. The summed E-state index contributed by atoms with van der Waals surface area (Å²) in [7, 11) is 0. The summed E-state index contributed by atoms with van der Waals surface area (Å²) in [6.45, 7) is 0.0714. The first-order valence-electron chi connectivity index (χ1n) is 6.71. The first-order valence-corrected chi connectivity index (χ1v) is 6.71. The quantitative estimate of drug-likeness (QED) is 0.814. The topological polar surface area (TPSA) is 73.6 Å². The fourth-order valence-corrected chi connectivity index (χ4v) is 2.58. The predicted octanol–water partition coefficient (Wildman–Crippen LogP) is 3.13. The fraction of sp³-hybridized carbons (Fsp3) is 0.429. The van der Waals surface area contributed by atoms with Gasteiger partial charge in [0.25, 0.3) is 0 Å². The second-order valence-electron chi connectivity index (χ2n) is 5.24. The number of aliphatic hydroxyl groups is 1. The van der Waals surface area contributed by atoms with Crippen molar-refractivity contribution in [2.45, 2.75) is 31.4 Å². The number of carbonyl (C=O) groups excluding carboxylic acids is 1. The molecule has 1 aromatic rings. The van der Waals surface area contributed by atoms with Crippen molar-refractivity contribution in [2.75, 3.05) is 11.5 Å². The molecule has 1 aromatic carbocycles. The monoisotopic (exact) mass is 368 g/mol. The molecular weight excluding hydrogens is 358 g/mol. The molecule has 1 aliphatic heterocycles. The summed E-state index contributed by atoms with van der Waals surface area (Å²) in [6, 6.07) is 1.05. The van der Waals surface area contributed by atoms with Crippen LogP contribution < -0.4 is 4.90 Å². The van der Waals surface area contributed by atoms with Gasteiger partial charge in [-0.15, -0.1) is 0 Å². The van der Waals surface area contributed by atoms with Crippen LogP contribution in [-0.4, -0.2) is 36.1 Å². The first kappa shape index (κ1) is 18.9. The van der Waals surface area contributed by atoms with E-state index in [1.54, 1.807) is 0 Å². The minimum Gasteiger partial charge on any atom is -0.447 e. The highest BCUT2D eigenvalue weighted by molar-refractivity contribution is 5.92. The van der Waals surface area contributed by atoms with Gasteiger partial charge in [-0.3, -0.25) is 4.90 Å². The molecule has 1 saturated heterocycles.